The summed E-state index contributed by atoms with van der Waals surface area (Å²) >= 11 is 0. The topological polar surface area (TPSA) is 101 Å². The Kier molecular flexibility index (Phi) is 6.67. The largest absolute Gasteiger partial charge is 0.416 e. The predicted molar refractivity (Wildman–Crippen MR) is 125 cm³/mol. The predicted octanol–water partition coefficient (Wildman–Crippen LogP) is 4.42. The van der Waals surface area contributed by atoms with Crippen LogP contribution in [0.3, 0.4) is 0 Å². The highest BCUT2D eigenvalue weighted by Crippen LogP contribution is 2.38. The lowest BCUT2D eigenvalue weighted by molar-refractivity contribution is -0.137. The number of nitrogens with zero attached hydrogens (tertiary/aromatic N) is 1. The Balaban J connectivity index is 2.13. The third-order valence-electron chi connectivity index (χ3n) is 5.66. The summed E-state index contributed by atoms with van der Waals surface area (Å²) in [5.41, 5.74) is -3.24. The van der Waals surface area contributed by atoms with Crippen LogP contribution in [0.5, 0.6) is 0 Å². The second-order valence-electron chi connectivity index (χ2n) is 8.02. The molecule has 0 fully saturated rings. The van der Waals surface area contributed by atoms with Gasteiger partial charge in [-0.3, -0.25) is 9.59 Å². The van der Waals surface area contributed by atoms with Gasteiger partial charge in [0.2, 0.25) is 10.0 Å². The summed E-state index contributed by atoms with van der Waals surface area (Å²) < 4.78 is 96.5. The number of H-pyrrole nitrogens is 1. The zero-order chi connectivity index (χ0) is 27.1. The highest BCUT2D eigenvalue weighted by molar-refractivity contribution is 7.90. The third kappa shape index (κ3) is 5.12. The van der Waals surface area contributed by atoms with E-state index in [4.69, 9.17) is 0 Å². The average molecular weight is 539 g/mol. The summed E-state index contributed by atoms with van der Waals surface area (Å²) in [5.74, 6) is -3.45. The van der Waals surface area contributed by atoms with Crippen molar-refractivity contribution in [1.29, 1.82) is 0 Å². The van der Waals surface area contributed by atoms with E-state index in [1.165, 1.54) is 25.3 Å². The fraction of sp³-hybridized carbons (Fsp3) is 0.167. The molecule has 2 heterocycles. The number of amides is 1. The van der Waals surface area contributed by atoms with Gasteiger partial charge in [0, 0.05) is 33.8 Å². The van der Waals surface area contributed by atoms with Crippen molar-refractivity contribution in [2.45, 2.75) is 19.6 Å². The van der Waals surface area contributed by atoms with E-state index in [0.717, 1.165) is 34.9 Å². The summed E-state index contributed by atoms with van der Waals surface area (Å²) in [6, 6.07) is 7.59. The molecule has 4 aromatic rings. The summed E-state index contributed by atoms with van der Waals surface area (Å²) in [4.78, 5) is 28.4. The second-order valence-corrected chi connectivity index (χ2v) is 10.0. The first-order valence-electron chi connectivity index (χ1n) is 10.7. The molecular weight excluding hydrogens is 521 g/mol. The molecule has 13 heteroatoms. The van der Waals surface area contributed by atoms with Gasteiger partial charge < -0.3 is 9.55 Å². The number of aromatic amines is 1. The van der Waals surface area contributed by atoms with E-state index in [9.17, 15) is 40.0 Å². The second kappa shape index (κ2) is 9.47. The molecule has 0 aliphatic heterocycles. The monoisotopic (exact) mass is 539 g/mol. The van der Waals surface area contributed by atoms with Crippen LogP contribution in [0.1, 0.15) is 28.5 Å². The first-order chi connectivity index (χ1) is 17.3. The number of carbonyl (C=O) groups is 1. The highest BCUT2D eigenvalue weighted by atomic mass is 32.2. The van der Waals surface area contributed by atoms with Gasteiger partial charge in [-0.05, 0) is 55.5 Å². The van der Waals surface area contributed by atoms with E-state index >= 15 is 0 Å². The molecular formula is C24H18F5N3O4S. The zero-order valence-corrected chi connectivity index (χ0v) is 19.8. The number of nitrogens with one attached hydrogen (secondary N) is 2. The minimum absolute atomic E-state index is 0.0473. The van der Waals surface area contributed by atoms with Crippen molar-refractivity contribution in [2.24, 2.45) is 0 Å². The molecule has 0 bridgehead atoms. The maximum Gasteiger partial charge on any atom is 0.416 e. The van der Waals surface area contributed by atoms with Crippen molar-refractivity contribution < 1.29 is 35.2 Å². The molecule has 0 aliphatic rings. The van der Waals surface area contributed by atoms with Gasteiger partial charge in [-0.2, -0.15) is 13.2 Å². The molecule has 0 unspecified atom stereocenters. The fourth-order valence-corrected chi connectivity index (χ4v) is 4.44. The van der Waals surface area contributed by atoms with Crippen molar-refractivity contribution in [1.82, 2.24) is 14.3 Å². The molecule has 4 rings (SSSR count). The molecule has 1 amide bonds. The lowest BCUT2D eigenvalue weighted by Gasteiger charge is -2.13. The van der Waals surface area contributed by atoms with Crippen LogP contribution in [0.4, 0.5) is 22.0 Å². The summed E-state index contributed by atoms with van der Waals surface area (Å²) in [7, 11) is -4.16. The number of aromatic nitrogens is 2. The van der Waals surface area contributed by atoms with Crippen LogP contribution >= 0.6 is 0 Å². The first kappa shape index (κ1) is 26.1. The number of benzene rings is 2. The fourth-order valence-electron chi connectivity index (χ4n) is 3.92. The normalized spacial score (nSPS) is 12.2. The van der Waals surface area contributed by atoms with E-state index in [0.29, 0.717) is 6.07 Å². The van der Waals surface area contributed by atoms with Gasteiger partial charge in [0.05, 0.1) is 17.9 Å². The Morgan fingerprint density at radius 3 is 2.46 bits per heavy atom. The van der Waals surface area contributed by atoms with Crippen LogP contribution in [0.25, 0.3) is 22.0 Å². The van der Waals surface area contributed by atoms with Crippen LogP contribution in [-0.2, 0) is 22.7 Å². The number of sulfonamides is 1. The van der Waals surface area contributed by atoms with E-state index in [1.807, 2.05) is 4.72 Å². The van der Waals surface area contributed by atoms with Crippen molar-refractivity contribution in [3.05, 3.63) is 93.5 Å². The van der Waals surface area contributed by atoms with Gasteiger partial charge in [-0.15, -0.1) is 0 Å². The number of rotatable bonds is 6. The minimum atomic E-state index is -4.79. The van der Waals surface area contributed by atoms with Crippen molar-refractivity contribution >= 4 is 26.8 Å². The van der Waals surface area contributed by atoms with Gasteiger partial charge in [-0.1, -0.05) is 0 Å². The summed E-state index contributed by atoms with van der Waals surface area (Å²) in [6.45, 7) is 0.691. The van der Waals surface area contributed by atoms with Gasteiger partial charge in [0.15, 0.2) is 0 Å². The summed E-state index contributed by atoms with van der Waals surface area (Å²) in [6.07, 6.45) is -3.53. The molecule has 0 atom stereocenters. The smallest absolute Gasteiger partial charge is 0.331 e. The number of pyridine rings is 1. The highest BCUT2D eigenvalue weighted by Gasteiger charge is 2.33. The Morgan fingerprint density at radius 1 is 1.08 bits per heavy atom. The third-order valence-corrected chi connectivity index (χ3v) is 6.91. The number of hydrogen-bond donors (Lipinski definition) is 2. The van der Waals surface area contributed by atoms with Crippen molar-refractivity contribution in [2.75, 3.05) is 5.75 Å². The van der Waals surface area contributed by atoms with Crippen LogP contribution in [0.2, 0.25) is 0 Å². The zero-order valence-electron chi connectivity index (χ0n) is 19.0. The SMILES string of the molecule is CCS(=O)(=O)NC(=O)c1c(-c2ccc[nH]c2=O)c2cc(C(F)(F)F)ccc2n1Cc1cc(F)ccc1F. The molecule has 0 saturated heterocycles. The Morgan fingerprint density at radius 2 is 1.81 bits per heavy atom. The van der Waals surface area contributed by atoms with E-state index in [-0.39, 0.29) is 27.6 Å². The lowest BCUT2D eigenvalue weighted by atomic mass is 10.0. The number of carbonyl (C=O) groups excluding carboxylic acids is 1. The van der Waals surface area contributed by atoms with E-state index in [1.54, 1.807) is 0 Å². The van der Waals surface area contributed by atoms with Crippen molar-refractivity contribution in [3.63, 3.8) is 0 Å². The van der Waals surface area contributed by atoms with Crippen LogP contribution in [0.15, 0.2) is 59.5 Å². The molecule has 2 aromatic heterocycles. The van der Waals surface area contributed by atoms with Gasteiger partial charge in [0.25, 0.3) is 11.5 Å². The lowest BCUT2D eigenvalue weighted by Crippen LogP contribution is -2.33. The molecule has 2 N–H and O–H groups in total. The summed E-state index contributed by atoms with van der Waals surface area (Å²) in [5, 5.41) is -0.220. The maximum atomic E-state index is 14.5. The Labute approximate surface area is 206 Å². The van der Waals surface area contributed by atoms with Crippen LogP contribution in [0, 0.1) is 11.6 Å². The number of hydrogen-bond acceptors (Lipinski definition) is 4. The van der Waals surface area contributed by atoms with Gasteiger partial charge in [-0.25, -0.2) is 21.9 Å². The quantitative estimate of drug-likeness (QED) is 0.354. The van der Waals surface area contributed by atoms with Gasteiger partial charge in [0.1, 0.15) is 17.3 Å². The van der Waals surface area contributed by atoms with Crippen LogP contribution in [-0.4, -0.2) is 29.6 Å². The molecule has 7 nitrogen and oxygen atoms in total. The molecule has 0 saturated carbocycles. The number of alkyl halides is 3. The molecule has 194 valence electrons. The first-order valence-corrected chi connectivity index (χ1v) is 12.4. The van der Waals surface area contributed by atoms with Gasteiger partial charge >= 0.3 is 6.18 Å². The van der Waals surface area contributed by atoms with Crippen LogP contribution < -0.4 is 10.3 Å². The average Bonchev–Trinajstić information content (AvgIpc) is 3.14. The standard InChI is InChI=1S/C24H18F5N3O4S/c1-2-37(35,36)31-23(34)21-20(16-4-3-9-30-22(16)33)17-11-14(24(27,28)29)5-8-19(17)32(21)12-13-10-15(25)6-7-18(13)26/h3-11H,2,12H2,1H3,(H,30,33)(H,31,34). The molecule has 37 heavy (non-hydrogen) atoms. The molecule has 0 aliphatic carbocycles. The number of fused-ring (bicyclic) bond motifs is 1. The number of halogens is 5. The van der Waals surface area contributed by atoms with Crippen molar-refractivity contribution in [3.8, 4) is 11.1 Å². The molecule has 0 radical (unpaired) electrons. The molecule has 2 aromatic carbocycles. The Hall–Kier alpha value is -4.00. The Bertz CT molecular complexity index is 1690. The van der Waals surface area contributed by atoms with E-state index in [2.05, 4.69) is 4.98 Å². The minimum Gasteiger partial charge on any atom is -0.331 e. The van der Waals surface area contributed by atoms with E-state index < -0.39 is 62.9 Å². The maximum absolute atomic E-state index is 14.5. The molecule has 0 spiro atoms.